The molecule has 0 spiro atoms. The van der Waals surface area contributed by atoms with Gasteiger partial charge in [0.05, 0.1) is 29.4 Å². The van der Waals surface area contributed by atoms with Crippen LogP contribution in [0.4, 0.5) is 11.4 Å². The Morgan fingerprint density at radius 2 is 1.60 bits per heavy atom. The lowest BCUT2D eigenvalue weighted by Gasteiger charge is -2.13. The minimum atomic E-state index is -3.93. The Balaban J connectivity index is 1.79. The molecule has 0 fully saturated rings. The smallest absolute Gasteiger partial charge is 0.339 e. The van der Waals surface area contributed by atoms with Gasteiger partial charge in [0, 0.05) is 11.4 Å². The summed E-state index contributed by atoms with van der Waals surface area (Å²) in [4.78, 5) is 28.9. The number of aryl methyl sites for hydroxylation is 2. The van der Waals surface area contributed by atoms with E-state index in [4.69, 9.17) is 9.47 Å². The number of nitrogens with one attached hydrogen (secondary N) is 2. The SMILES string of the molecule is CCOC(=O)c1ccc(C(=O)Nc2ccc(C)c(S(=O)(=O)Nc3ccc(OCC)cc3)c2)nc1C. The highest BCUT2D eigenvalue weighted by atomic mass is 32.2. The summed E-state index contributed by atoms with van der Waals surface area (Å²) in [6.45, 7) is 7.57. The molecular weight excluding hydrogens is 470 g/mol. The van der Waals surface area contributed by atoms with Gasteiger partial charge in [-0.1, -0.05) is 6.07 Å². The number of carbonyl (C=O) groups is 2. The van der Waals surface area contributed by atoms with Crippen molar-refractivity contribution in [2.45, 2.75) is 32.6 Å². The Kier molecular flexibility index (Phi) is 8.08. The van der Waals surface area contributed by atoms with Gasteiger partial charge in [-0.2, -0.15) is 0 Å². The van der Waals surface area contributed by atoms with Crippen LogP contribution in [-0.2, 0) is 14.8 Å². The van der Waals surface area contributed by atoms with Crippen molar-refractivity contribution in [2.75, 3.05) is 23.3 Å². The topological polar surface area (TPSA) is 124 Å². The Hall–Kier alpha value is -3.92. The number of hydrogen-bond donors (Lipinski definition) is 2. The number of benzene rings is 2. The molecule has 0 unspecified atom stereocenters. The molecule has 0 saturated carbocycles. The van der Waals surface area contributed by atoms with Gasteiger partial charge >= 0.3 is 5.97 Å². The second kappa shape index (κ2) is 11.0. The molecule has 10 heteroatoms. The van der Waals surface area contributed by atoms with Gasteiger partial charge in [0.25, 0.3) is 15.9 Å². The largest absolute Gasteiger partial charge is 0.494 e. The molecule has 1 heterocycles. The van der Waals surface area contributed by atoms with Crippen molar-refractivity contribution in [1.29, 1.82) is 0 Å². The summed E-state index contributed by atoms with van der Waals surface area (Å²) in [5, 5.41) is 2.66. The minimum absolute atomic E-state index is 0.0194. The first-order valence-corrected chi connectivity index (χ1v) is 12.5. The van der Waals surface area contributed by atoms with Crippen LogP contribution in [0, 0.1) is 13.8 Å². The first-order chi connectivity index (χ1) is 16.6. The van der Waals surface area contributed by atoms with E-state index in [1.165, 1.54) is 18.2 Å². The zero-order valence-corrected chi connectivity index (χ0v) is 20.7. The number of aromatic nitrogens is 1. The summed E-state index contributed by atoms with van der Waals surface area (Å²) >= 11 is 0. The summed E-state index contributed by atoms with van der Waals surface area (Å²) in [7, 11) is -3.93. The molecule has 0 aliphatic carbocycles. The number of carbonyl (C=O) groups excluding carboxylic acids is 2. The first-order valence-electron chi connectivity index (χ1n) is 11.0. The second-order valence-electron chi connectivity index (χ2n) is 7.55. The lowest BCUT2D eigenvalue weighted by Crippen LogP contribution is -2.18. The molecule has 3 rings (SSSR count). The highest BCUT2D eigenvalue weighted by Crippen LogP contribution is 2.24. The van der Waals surface area contributed by atoms with Crippen molar-refractivity contribution in [1.82, 2.24) is 4.98 Å². The number of nitrogens with zero attached hydrogens (tertiary/aromatic N) is 1. The van der Waals surface area contributed by atoms with E-state index in [0.717, 1.165) is 0 Å². The second-order valence-corrected chi connectivity index (χ2v) is 9.20. The van der Waals surface area contributed by atoms with Crippen LogP contribution in [0.1, 0.15) is 46.0 Å². The molecule has 9 nitrogen and oxygen atoms in total. The zero-order chi connectivity index (χ0) is 25.6. The van der Waals surface area contributed by atoms with Crippen molar-refractivity contribution in [2.24, 2.45) is 0 Å². The third-order valence-corrected chi connectivity index (χ3v) is 6.49. The highest BCUT2D eigenvalue weighted by Gasteiger charge is 2.20. The van der Waals surface area contributed by atoms with Crippen LogP contribution in [0.25, 0.3) is 0 Å². The van der Waals surface area contributed by atoms with E-state index in [0.29, 0.717) is 29.3 Å². The minimum Gasteiger partial charge on any atom is -0.494 e. The van der Waals surface area contributed by atoms with Gasteiger partial charge < -0.3 is 14.8 Å². The Morgan fingerprint density at radius 1 is 0.914 bits per heavy atom. The van der Waals surface area contributed by atoms with Crippen LogP contribution in [0.5, 0.6) is 5.75 Å². The Labute approximate surface area is 204 Å². The maximum atomic E-state index is 13.0. The van der Waals surface area contributed by atoms with Gasteiger partial charge in [-0.05, 0) is 81.8 Å². The molecule has 1 amide bonds. The van der Waals surface area contributed by atoms with Crippen LogP contribution >= 0.6 is 0 Å². The molecule has 0 aliphatic heterocycles. The molecule has 0 atom stereocenters. The molecule has 0 bridgehead atoms. The average molecular weight is 498 g/mol. The van der Waals surface area contributed by atoms with Crippen LogP contribution in [0.15, 0.2) is 59.5 Å². The van der Waals surface area contributed by atoms with Gasteiger partial charge in [0.1, 0.15) is 11.4 Å². The van der Waals surface area contributed by atoms with Crippen LogP contribution in [0.2, 0.25) is 0 Å². The molecule has 35 heavy (non-hydrogen) atoms. The summed E-state index contributed by atoms with van der Waals surface area (Å²) in [6.07, 6.45) is 0. The predicted octanol–water partition coefficient (Wildman–Crippen LogP) is 4.33. The summed E-state index contributed by atoms with van der Waals surface area (Å²) in [6, 6.07) is 14.0. The standard InChI is InChI=1S/C25H27N3O6S/c1-5-33-20-11-9-18(10-12-20)28-35(31,32)23-15-19(8-7-16(23)3)27-24(29)22-14-13-21(17(4)26-22)25(30)34-6-2/h7-15,28H,5-6H2,1-4H3,(H,27,29). The summed E-state index contributed by atoms with van der Waals surface area (Å²) in [5.41, 5.74) is 1.86. The van der Waals surface area contributed by atoms with Crippen molar-refractivity contribution in [3.05, 3.63) is 77.1 Å². The normalized spacial score (nSPS) is 11.0. The van der Waals surface area contributed by atoms with Crippen LogP contribution < -0.4 is 14.8 Å². The number of esters is 1. The van der Waals surface area contributed by atoms with E-state index < -0.39 is 21.9 Å². The van der Waals surface area contributed by atoms with Gasteiger partial charge in [0.2, 0.25) is 0 Å². The van der Waals surface area contributed by atoms with Crippen molar-refractivity contribution >= 4 is 33.3 Å². The summed E-state index contributed by atoms with van der Waals surface area (Å²) in [5.74, 6) is -0.427. The van der Waals surface area contributed by atoms with E-state index in [-0.39, 0.29) is 28.4 Å². The maximum Gasteiger partial charge on any atom is 0.339 e. The number of pyridine rings is 1. The predicted molar refractivity (Wildman–Crippen MR) is 132 cm³/mol. The van der Waals surface area contributed by atoms with Crippen molar-refractivity contribution in [3.8, 4) is 5.75 Å². The Bertz CT molecular complexity index is 1340. The molecule has 1 aromatic heterocycles. The molecule has 3 aromatic rings. The number of anilines is 2. The van der Waals surface area contributed by atoms with Crippen LogP contribution in [-0.4, -0.2) is 38.5 Å². The van der Waals surface area contributed by atoms with Gasteiger partial charge in [-0.15, -0.1) is 0 Å². The molecular formula is C25H27N3O6S. The number of ether oxygens (including phenoxy) is 2. The quantitative estimate of drug-likeness (QED) is 0.422. The lowest BCUT2D eigenvalue weighted by molar-refractivity contribution is 0.0524. The molecule has 0 saturated heterocycles. The van der Waals surface area contributed by atoms with Crippen molar-refractivity contribution in [3.63, 3.8) is 0 Å². The lowest BCUT2D eigenvalue weighted by atomic mass is 10.1. The molecule has 0 aliphatic rings. The number of sulfonamides is 1. The van der Waals surface area contributed by atoms with E-state index in [2.05, 4.69) is 15.0 Å². The van der Waals surface area contributed by atoms with Gasteiger partial charge in [0.15, 0.2) is 0 Å². The fraction of sp³-hybridized carbons (Fsp3) is 0.240. The van der Waals surface area contributed by atoms with Crippen molar-refractivity contribution < 1.29 is 27.5 Å². The molecule has 2 aromatic carbocycles. The number of rotatable bonds is 9. The number of hydrogen-bond acceptors (Lipinski definition) is 7. The van der Waals surface area contributed by atoms with E-state index in [9.17, 15) is 18.0 Å². The molecule has 2 N–H and O–H groups in total. The third-order valence-electron chi connectivity index (χ3n) is 4.97. The third kappa shape index (κ3) is 6.36. The molecule has 0 radical (unpaired) electrons. The monoisotopic (exact) mass is 497 g/mol. The Morgan fingerprint density at radius 3 is 2.23 bits per heavy atom. The maximum absolute atomic E-state index is 13.0. The van der Waals surface area contributed by atoms with Crippen LogP contribution in [0.3, 0.4) is 0 Å². The average Bonchev–Trinajstić information content (AvgIpc) is 2.81. The number of amides is 1. The highest BCUT2D eigenvalue weighted by molar-refractivity contribution is 7.92. The fourth-order valence-corrected chi connectivity index (χ4v) is 4.60. The van der Waals surface area contributed by atoms with Gasteiger partial charge in [-0.3, -0.25) is 9.52 Å². The molecule has 184 valence electrons. The van der Waals surface area contributed by atoms with E-state index in [1.807, 2.05) is 6.92 Å². The van der Waals surface area contributed by atoms with Gasteiger partial charge in [-0.25, -0.2) is 18.2 Å². The van der Waals surface area contributed by atoms with E-state index in [1.54, 1.807) is 57.2 Å². The summed E-state index contributed by atoms with van der Waals surface area (Å²) < 4.78 is 38.9. The van der Waals surface area contributed by atoms with E-state index >= 15 is 0 Å². The zero-order valence-electron chi connectivity index (χ0n) is 19.9. The fourth-order valence-electron chi connectivity index (χ4n) is 3.27. The first kappa shape index (κ1) is 25.7.